The van der Waals surface area contributed by atoms with Gasteiger partial charge in [-0.25, -0.2) is 9.98 Å². The third kappa shape index (κ3) is 4.03. The Kier molecular flexibility index (Phi) is 6.73. The monoisotopic (exact) mass is 474 g/mol. The van der Waals surface area contributed by atoms with Gasteiger partial charge in [0.1, 0.15) is 11.5 Å². The average molecular weight is 475 g/mol. The fraction of sp³-hybridized carbons (Fsp3) is 0.273. The van der Waals surface area contributed by atoms with Gasteiger partial charge in [0.2, 0.25) is 0 Å². The molecule has 1 aliphatic carbocycles. The minimum Gasteiger partial charge on any atom is -0.463 e. The molecule has 5 rings (SSSR count). The van der Waals surface area contributed by atoms with Crippen LogP contribution in [0.25, 0.3) is 11.3 Å². The van der Waals surface area contributed by atoms with E-state index < -0.39 is 0 Å². The Labute approximate surface area is 214 Å². The molecule has 0 atom stereocenters. The number of nitrogens with zero attached hydrogens (tertiary/aromatic N) is 2. The molecule has 0 bridgehead atoms. The van der Waals surface area contributed by atoms with Crippen molar-refractivity contribution in [3.05, 3.63) is 106 Å². The van der Waals surface area contributed by atoms with E-state index in [1.807, 2.05) is 6.26 Å². The number of aliphatic imine (C=N–C) groups is 2. The summed E-state index contributed by atoms with van der Waals surface area (Å²) in [5.74, 6) is 0.882. The summed E-state index contributed by atoms with van der Waals surface area (Å²) >= 11 is 0. The first-order chi connectivity index (χ1) is 17.6. The third-order valence-corrected chi connectivity index (χ3v) is 7.24. The van der Waals surface area contributed by atoms with Crippen LogP contribution in [0.1, 0.15) is 66.6 Å². The predicted octanol–water partition coefficient (Wildman–Crippen LogP) is 8.76. The molecule has 0 saturated carbocycles. The minimum absolute atomic E-state index is 0.882. The second-order valence-corrected chi connectivity index (χ2v) is 9.35. The lowest BCUT2D eigenvalue weighted by Gasteiger charge is -2.22. The van der Waals surface area contributed by atoms with Gasteiger partial charge in [0.05, 0.1) is 28.9 Å². The quantitative estimate of drug-likeness (QED) is 0.275. The van der Waals surface area contributed by atoms with Crippen LogP contribution in [0.15, 0.2) is 81.3 Å². The summed E-state index contributed by atoms with van der Waals surface area (Å²) in [6, 6.07) is 21.5. The van der Waals surface area contributed by atoms with Gasteiger partial charge in [-0.3, -0.25) is 0 Å². The first-order valence-corrected chi connectivity index (χ1v) is 13.2. The van der Waals surface area contributed by atoms with Gasteiger partial charge < -0.3 is 4.42 Å². The van der Waals surface area contributed by atoms with Crippen molar-refractivity contribution in [3.8, 4) is 11.3 Å². The molecule has 0 aliphatic heterocycles. The lowest BCUT2D eigenvalue weighted by molar-refractivity contribution is 0.579. The van der Waals surface area contributed by atoms with Crippen LogP contribution in [0.4, 0.5) is 11.4 Å². The van der Waals surface area contributed by atoms with Crippen LogP contribution in [0, 0.1) is 6.92 Å². The Bertz CT molecular complexity index is 1440. The number of hydrogen-bond acceptors (Lipinski definition) is 3. The standard InChI is InChI=1S/C33H34N2O/c1-6-22-14-12-15-23(7-2)29(22)34-31-26-18-10-11-19-27(26)33-28(21(5)20-36-33)32(31)35-30-24(8-3)16-13-17-25(30)9-4/h10-20H,6-9H2,1-5H3. The zero-order chi connectivity index (χ0) is 25.2. The van der Waals surface area contributed by atoms with Crippen molar-refractivity contribution < 1.29 is 4.42 Å². The molecule has 0 saturated heterocycles. The number of para-hydroxylation sites is 2. The highest BCUT2D eigenvalue weighted by atomic mass is 16.3. The lowest BCUT2D eigenvalue weighted by atomic mass is 9.85. The second kappa shape index (κ2) is 10.1. The molecule has 1 aromatic heterocycles. The Morgan fingerprint density at radius 1 is 0.583 bits per heavy atom. The summed E-state index contributed by atoms with van der Waals surface area (Å²) in [6.45, 7) is 10.9. The smallest absolute Gasteiger partial charge is 0.144 e. The van der Waals surface area contributed by atoms with Crippen molar-refractivity contribution in [1.82, 2.24) is 0 Å². The van der Waals surface area contributed by atoms with Gasteiger partial charge in [-0.1, -0.05) is 88.4 Å². The minimum atomic E-state index is 0.882. The summed E-state index contributed by atoms with van der Waals surface area (Å²) in [5, 5.41) is 0. The van der Waals surface area contributed by atoms with E-state index in [-0.39, 0.29) is 0 Å². The average Bonchev–Trinajstić information content (AvgIpc) is 3.31. The molecule has 0 unspecified atom stereocenters. The number of benzene rings is 3. The molecule has 36 heavy (non-hydrogen) atoms. The topological polar surface area (TPSA) is 37.9 Å². The van der Waals surface area contributed by atoms with Gasteiger partial charge in [0, 0.05) is 11.1 Å². The van der Waals surface area contributed by atoms with E-state index in [2.05, 4.69) is 95.3 Å². The van der Waals surface area contributed by atoms with Crippen LogP contribution >= 0.6 is 0 Å². The fourth-order valence-corrected chi connectivity index (χ4v) is 5.23. The van der Waals surface area contributed by atoms with Crippen LogP contribution in [0.2, 0.25) is 0 Å². The van der Waals surface area contributed by atoms with Gasteiger partial charge in [0.25, 0.3) is 0 Å². The maximum Gasteiger partial charge on any atom is 0.144 e. The summed E-state index contributed by atoms with van der Waals surface area (Å²) in [4.78, 5) is 10.9. The highest BCUT2D eigenvalue weighted by molar-refractivity contribution is 6.57. The Morgan fingerprint density at radius 3 is 1.56 bits per heavy atom. The molecule has 0 N–H and O–H groups in total. The molecule has 0 radical (unpaired) electrons. The van der Waals surface area contributed by atoms with E-state index in [4.69, 9.17) is 14.4 Å². The van der Waals surface area contributed by atoms with Crippen molar-refractivity contribution in [2.75, 3.05) is 0 Å². The highest BCUT2D eigenvalue weighted by Crippen LogP contribution is 2.40. The molecule has 4 aromatic rings. The summed E-state index contributed by atoms with van der Waals surface area (Å²) in [6.07, 6.45) is 5.58. The van der Waals surface area contributed by atoms with Gasteiger partial charge >= 0.3 is 0 Å². The van der Waals surface area contributed by atoms with Crippen molar-refractivity contribution in [3.63, 3.8) is 0 Å². The summed E-state index contributed by atoms with van der Waals surface area (Å²) in [5.41, 5.74) is 13.3. The third-order valence-electron chi connectivity index (χ3n) is 7.24. The van der Waals surface area contributed by atoms with Crippen molar-refractivity contribution in [1.29, 1.82) is 0 Å². The largest absolute Gasteiger partial charge is 0.463 e. The zero-order valence-electron chi connectivity index (χ0n) is 22.0. The Morgan fingerprint density at radius 2 is 1.06 bits per heavy atom. The van der Waals surface area contributed by atoms with E-state index >= 15 is 0 Å². The van der Waals surface area contributed by atoms with Gasteiger partial charge in [-0.15, -0.1) is 0 Å². The maximum atomic E-state index is 6.15. The number of aryl methyl sites for hydroxylation is 5. The molecular weight excluding hydrogens is 440 g/mol. The predicted molar refractivity (Wildman–Crippen MR) is 152 cm³/mol. The molecule has 0 spiro atoms. The first kappa shape index (κ1) is 24.0. The van der Waals surface area contributed by atoms with Crippen LogP contribution in [-0.2, 0) is 25.7 Å². The van der Waals surface area contributed by atoms with Crippen molar-refractivity contribution in [2.45, 2.75) is 60.3 Å². The van der Waals surface area contributed by atoms with E-state index in [0.29, 0.717) is 0 Å². The van der Waals surface area contributed by atoms with Crippen LogP contribution < -0.4 is 0 Å². The highest BCUT2D eigenvalue weighted by Gasteiger charge is 2.32. The van der Waals surface area contributed by atoms with Crippen LogP contribution in [0.3, 0.4) is 0 Å². The van der Waals surface area contributed by atoms with Gasteiger partial charge in [0.15, 0.2) is 0 Å². The molecule has 3 heteroatoms. The van der Waals surface area contributed by atoms with E-state index in [1.54, 1.807) is 0 Å². The fourth-order valence-electron chi connectivity index (χ4n) is 5.23. The number of fused-ring (bicyclic) bond motifs is 3. The summed E-state index contributed by atoms with van der Waals surface area (Å²) in [7, 11) is 0. The Hall–Kier alpha value is -3.72. The van der Waals surface area contributed by atoms with E-state index in [0.717, 1.165) is 76.5 Å². The van der Waals surface area contributed by atoms with Crippen molar-refractivity contribution in [2.24, 2.45) is 9.98 Å². The lowest BCUT2D eigenvalue weighted by Crippen LogP contribution is -2.23. The molecule has 182 valence electrons. The first-order valence-electron chi connectivity index (χ1n) is 13.2. The van der Waals surface area contributed by atoms with Crippen molar-refractivity contribution >= 4 is 22.8 Å². The molecular formula is C33H34N2O. The molecule has 1 aliphatic rings. The number of hydrogen-bond donors (Lipinski definition) is 0. The van der Waals surface area contributed by atoms with Crippen LogP contribution in [-0.4, -0.2) is 11.4 Å². The van der Waals surface area contributed by atoms with Gasteiger partial charge in [-0.2, -0.15) is 0 Å². The molecule has 3 nitrogen and oxygen atoms in total. The molecule has 0 amide bonds. The van der Waals surface area contributed by atoms with Crippen LogP contribution in [0.5, 0.6) is 0 Å². The molecule has 3 aromatic carbocycles. The van der Waals surface area contributed by atoms with Gasteiger partial charge in [-0.05, 0) is 60.4 Å². The SMILES string of the molecule is CCc1cccc(CC)c1N=C1C(=Nc2c(CC)cccc2CC)c2c(C)coc2-c2ccccc21. The Balaban J connectivity index is 1.89. The maximum absolute atomic E-state index is 6.15. The normalized spacial score (nSPS) is 14.8. The summed E-state index contributed by atoms with van der Waals surface area (Å²) < 4.78 is 6.15. The number of rotatable bonds is 6. The van der Waals surface area contributed by atoms with E-state index in [9.17, 15) is 0 Å². The molecule has 1 heterocycles. The zero-order valence-corrected chi connectivity index (χ0v) is 22.0. The molecule has 0 fully saturated rings. The second-order valence-electron chi connectivity index (χ2n) is 9.35. The number of furan rings is 1. The van der Waals surface area contributed by atoms with E-state index in [1.165, 1.54) is 22.3 Å².